The molecule has 3 unspecified atom stereocenters. The molecule has 0 heterocycles. The molecule has 9 nitrogen and oxygen atoms in total. The molecule has 0 saturated heterocycles. The van der Waals surface area contributed by atoms with Gasteiger partial charge in [-0.1, -0.05) is 228 Å². The molecule has 0 rings (SSSR count). The van der Waals surface area contributed by atoms with Crippen molar-refractivity contribution in [2.45, 2.75) is 264 Å². The summed E-state index contributed by atoms with van der Waals surface area (Å²) >= 11 is 0. The third-order valence-corrected chi connectivity index (χ3v) is 13.8. The summed E-state index contributed by atoms with van der Waals surface area (Å²) in [5.41, 5.74) is 0. The van der Waals surface area contributed by atoms with E-state index < -0.39 is 26.6 Å². The van der Waals surface area contributed by atoms with Crippen molar-refractivity contribution in [2.75, 3.05) is 40.9 Å². The van der Waals surface area contributed by atoms with Crippen LogP contribution in [0.5, 0.6) is 0 Å². The molecule has 3 atom stereocenters. The summed E-state index contributed by atoms with van der Waals surface area (Å²) in [6, 6.07) is -0.900. The normalized spacial score (nSPS) is 14.3. The fourth-order valence-electron chi connectivity index (χ4n) is 8.18. The van der Waals surface area contributed by atoms with Crippen LogP contribution in [-0.2, 0) is 27.9 Å². The number of likely N-dealkylation sites (N-methyl/N-ethyl adjacent to an activating group) is 1. The van der Waals surface area contributed by atoms with Crippen LogP contribution in [0.1, 0.15) is 252 Å². The second-order valence-electron chi connectivity index (χ2n) is 21.1. The Morgan fingerprint density at radius 1 is 0.493 bits per heavy atom. The molecule has 73 heavy (non-hydrogen) atoms. The van der Waals surface area contributed by atoms with E-state index in [1.165, 1.54) is 89.9 Å². The summed E-state index contributed by atoms with van der Waals surface area (Å²) in [5.74, 6) is -0.567. The molecule has 0 aromatic heterocycles. The number of phosphoric ester groups is 1. The summed E-state index contributed by atoms with van der Waals surface area (Å²) < 4.78 is 30.2. The topological polar surface area (TPSA) is 114 Å². The zero-order valence-electron chi connectivity index (χ0n) is 48.1. The highest BCUT2D eigenvalue weighted by molar-refractivity contribution is 7.45. The third-order valence-electron chi connectivity index (χ3n) is 12.8. The molecule has 0 radical (unpaired) electrons. The van der Waals surface area contributed by atoms with Crippen molar-refractivity contribution in [3.05, 3.63) is 85.1 Å². The quantitative estimate of drug-likeness (QED) is 0.0212. The standard InChI is InChI=1S/C63H113N2O7P/c1-7-10-13-16-19-22-25-27-28-29-30-31-32-33-34-35-36-38-41-43-46-49-52-55-62(66)64-60(59-71-73(68,69)70-58-57-65(4,5)6)61(54-51-48-45-42-40-37-26-23-20-17-14-11-8-2)72-63(67)56-53-50-47-44-39-24-21-18-15-12-9-3/h10,13,18-19,21-22,27-28,30-31,33-34,51,54,60-61H,7-9,11-12,14-17,20,23-26,29,32,35-50,52-53,55-59H2,1-6H3,(H-,64,66,68,69)/b13-10-,21-18-,22-19-,28-27-,31-30-,34-33-,54-51+. The van der Waals surface area contributed by atoms with E-state index in [4.69, 9.17) is 13.8 Å². The lowest BCUT2D eigenvalue weighted by Crippen LogP contribution is -2.47. The van der Waals surface area contributed by atoms with E-state index in [1.54, 1.807) is 0 Å². The number of quaternary nitrogens is 1. The molecule has 1 amide bonds. The predicted octanol–water partition coefficient (Wildman–Crippen LogP) is 17.6. The number of ether oxygens (including phenoxy) is 1. The number of nitrogens with one attached hydrogen (secondary N) is 1. The van der Waals surface area contributed by atoms with Gasteiger partial charge in [-0.25, -0.2) is 0 Å². The van der Waals surface area contributed by atoms with Gasteiger partial charge < -0.3 is 28.5 Å². The van der Waals surface area contributed by atoms with Gasteiger partial charge >= 0.3 is 5.97 Å². The van der Waals surface area contributed by atoms with E-state index in [2.05, 4.69) is 99.0 Å². The van der Waals surface area contributed by atoms with Gasteiger partial charge in [0.05, 0.1) is 33.8 Å². The Labute approximate surface area is 450 Å². The van der Waals surface area contributed by atoms with Crippen molar-refractivity contribution in [1.29, 1.82) is 0 Å². The number of hydrogen-bond donors (Lipinski definition) is 1. The van der Waals surface area contributed by atoms with Crippen molar-refractivity contribution < 1.29 is 37.3 Å². The predicted molar refractivity (Wildman–Crippen MR) is 311 cm³/mol. The number of allylic oxidation sites excluding steroid dienone is 13. The lowest BCUT2D eigenvalue weighted by molar-refractivity contribution is -0.870. The highest BCUT2D eigenvalue weighted by Crippen LogP contribution is 2.38. The monoisotopic (exact) mass is 1040 g/mol. The highest BCUT2D eigenvalue weighted by Gasteiger charge is 2.27. The molecule has 0 aliphatic carbocycles. The van der Waals surface area contributed by atoms with E-state index in [1.807, 2.05) is 33.3 Å². The SMILES string of the molecule is CC/C=C\C/C=C\C/C=C\C/C=C\C/C=C\CCCCCCCCCC(=O)NC(COP(=O)([O-])OCC[N+](C)(C)C)C(/C=C/CCCCCCCCCCCCC)OC(=O)CCCCCCC/C=C\CCCC. The summed E-state index contributed by atoms with van der Waals surface area (Å²) in [6.07, 6.45) is 68.3. The third kappa shape index (κ3) is 53.8. The molecule has 0 aromatic carbocycles. The van der Waals surface area contributed by atoms with Gasteiger partial charge in [0.2, 0.25) is 5.91 Å². The van der Waals surface area contributed by atoms with Crippen molar-refractivity contribution in [2.24, 2.45) is 0 Å². The maximum absolute atomic E-state index is 13.5. The summed E-state index contributed by atoms with van der Waals surface area (Å²) in [7, 11) is 1.16. The summed E-state index contributed by atoms with van der Waals surface area (Å²) in [5, 5.41) is 3.02. The number of unbranched alkanes of at least 4 members (excludes halogenated alkanes) is 25. The number of esters is 1. The van der Waals surface area contributed by atoms with Gasteiger partial charge in [-0.05, 0) is 96.0 Å². The smallest absolute Gasteiger partial charge is 0.306 e. The van der Waals surface area contributed by atoms with Gasteiger partial charge in [0, 0.05) is 12.8 Å². The fraction of sp³-hybridized carbons (Fsp3) is 0.746. The Kier molecular flexibility index (Phi) is 50.6. The van der Waals surface area contributed by atoms with Gasteiger partial charge in [0.1, 0.15) is 19.3 Å². The lowest BCUT2D eigenvalue weighted by atomic mass is 10.0. The minimum Gasteiger partial charge on any atom is -0.756 e. The first-order chi connectivity index (χ1) is 35.4. The Bertz CT molecular complexity index is 1530. The van der Waals surface area contributed by atoms with E-state index in [9.17, 15) is 19.0 Å². The van der Waals surface area contributed by atoms with E-state index in [-0.39, 0.29) is 24.9 Å². The van der Waals surface area contributed by atoms with Gasteiger partial charge in [0.15, 0.2) is 0 Å². The van der Waals surface area contributed by atoms with Gasteiger partial charge in [-0.3, -0.25) is 14.2 Å². The first-order valence-electron chi connectivity index (χ1n) is 29.9. The number of nitrogens with zero attached hydrogens (tertiary/aromatic N) is 1. The number of amides is 1. The van der Waals surface area contributed by atoms with E-state index in [0.717, 1.165) is 122 Å². The van der Waals surface area contributed by atoms with Crippen molar-refractivity contribution in [3.63, 3.8) is 0 Å². The fourth-order valence-corrected chi connectivity index (χ4v) is 8.90. The minimum atomic E-state index is -4.70. The average Bonchev–Trinajstić information content (AvgIpc) is 3.35. The summed E-state index contributed by atoms with van der Waals surface area (Å²) in [4.78, 5) is 39.9. The molecular formula is C63H113N2O7P. The molecule has 0 fully saturated rings. The molecule has 422 valence electrons. The molecule has 0 bridgehead atoms. The molecular weight excluding hydrogens is 928 g/mol. The van der Waals surface area contributed by atoms with Crippen LogP contribution < -0.4 is 10.2 Å². The average molecular weight is 1040 g/mol. The van der Waals surface area contributed by atoms with Crippen molar-refractivity contribution in [3.8, 4) is 0 Å². The zero-order chi connectivity index (χ0) is 53.6. The van der Waals surface area contributed by atoms with Crippen LogP contribution in [0.4, 0.5) is 0 Å². The largest absolute Gasteiger partial charge is 0.756 e. The van der Waals surface area contributed by atoms with Crippen LogP contribution in [0.15, 0.2) is 85.1 Å². The van der Waals surface area contributed by atoms with Gasteiger partial charge in [-0.15, -0.1) is 0 Å². The van der Waals surface area contributed by atoms with E-state index >= 15 is 0 Å². The lowest BCUT2D eigenvalue weighted by Gasteiger charge is -2.30. The Morgan fingerprint density at radius 3 is 1.37 bits per heavy atom. The molecule has 0 aliphatic rings. The highest BCUT2D eigenvalue weighted by atomic mass is 31.2. The van der Waals surface area contributed by atoms with E-state index in [0.29, 0.717) is 23.9 Å². The van der Waals surface area contributed by atoms with Crippen LogP contribution in [0, 0.1) is 0 Å². The Balaban J connectivity index is 5.24. The first-order valence-corrected chi connectivity index (χ1v) is 31.4. The molecule has 0 saturated carbocycles. The van der Waals surface area contributed by atoms with Gasteiger partial charge in [-0.2, -0.15) is 0 Å². The van der Waals surface area contributed by atoms with Crippen molar-refractivity contribution >= 4 is 19.7 Å². The Morgan fingerprint density at radius 2 is 0.890 bits per heavy atom. The molecule has 10 heteroatoms. The molecule has 0 aliphatic heterocycles. The van der Waals surface area contributed by atoms with Crippen LogP contribution in [0.25, 0.3) is 0 Å². The molecule has 0 aromatic rings. The maximum Gasteiger partial charge on any atom is 0.306 e. The minimum absolute atomic E-state index is 0.0292. The van der Waals surface area contributed by atoms with Crippen LogP contribution >= 0.6 is 7.82 Å². The second kappa shape index (κ2) is 52.6. The number of phosphoric acid groups is 1. The first kappa shape index (κ1) is 70.2. The van der Waals surface area contributed by atoms with Crippen LogP contribution in [-0.4, -0.2) is 69.4 Å². The van der Waals surface area contributed by atoms with Crippen molar-refractivity contribution in [1.82, 2.24) is 5.32 Å². The summed E-state index contributed by atoms with van der Waals surface area (Å²) in [6.45, 7) is 6.67. The Hall–Kier alpha value is -2.81. The molecule has 0 spiro atoms. The van der Waals surface area contributed by atoms with Crippen LogP contribution in [0.2, 0.25) is 0 Å². The van der Waals surface area contributed by atoms with Gasteiger partial charge in [0.25, 0.3) is 7.82 Å². The second-order valence-corrected chi connectivity index (χ2v) is 22.5. The zero-order valence-corrected chi connectivity index (χ0v) is 49.0. The molecule has 1 N–H and O–H groups in total. The van der Waals surface area contributed by atoms with Crippen LogP contribution in [0.3, 0.4) is 0 Å². The number of carbonyl (C=O) groups is 2. The number of rotatable bonds is 53. The number of carbonyl (C=O) groups excluding carboxylic acids is 2. The maximum atomic E-state index is 13.5. The number of hydrogen-bond acceptors (Lipinski definition) is 7.